The minimum atomic E-state index is -0.864. The lowest BCUT2D eigenvalue weighted by Crippen LogP contribution is -2.02. The minimum Gasteiger partial charge on any atom is -0.497 e. The van der Waals surface area contributed by atoms with E-state index in [0.29, 0.717) is 17.9 Å². The molecule has 2 rings (SSSR count). The van der Waals surface area contributed by atoms with Gasteiger partial charge in [-0.2, -0.15) is 0 Å². The summed E-state index contributed by atoms with van der Waals surface area (Å²) in [5, 5.41) is 8.79. The Kier molecular flexibility index (Phi) is 4.77. The van der Waals surface area contributed by atoms with Crippen LogP contribution in [0.1, 0.15) is 17.0 Å². The van der Waals surface area contributed by atoms with Crippen molar-refractivity contribution in [3.8, 4) is 11.5 Å². The van der Waals surface area contributed by atoms with Crippen LogP contribution in [-0.4, -0.2) is 23.2 Å². The molecule has 1 aromatic carbocycles. The predicted octanol–water partition coefficient (Wildman–Crippen LogP) is 2.60. The van der Waals surface area contributed by atoms with Gasteiger partial charge in [0.2, 0.25) is 0 Å². The molecule has 0 aliphatic rings. The zero-order valence-electron chi connectivity index (χ0n) is 12.0. The molecule has 1 aromatic heterocycles. The summed E-state index contributed by atoms with van der Waals surface area (Å²) in [5.41, 5.74) is 2.32. The number of carbonyl (C=O) groups is 1. The summed E-state index contributed by atoms with van der Waals surface area (Å²) in [6.07, 6.45) is -0.0201. The number of benzene rings is 1. The van der Waals surface area contributed by atoms with Gasteiger partial charge in [0.05, 0.1) is 19.2 Å². The zero-order valence-corrected chi connectivity index (χ0v) is 12.0. The number of aryl methyl sites for hydroxylation is 1. The number of pyridine rings is 1. The van der Waals surface area contributed by atoms with E-state index >= 15 is 0 Å². The van der Waals surface area contributed by atoms with Crippen LogP contribution in [0.4, 0.5) is 0 Å². The topological polar surface area (TPSA) is 68.7 Å². The molecule has 0 spiro atoms. The molecule has 5 heteroatoms. The van der Waals surface area contributed by atoms with Gasteiger partial charge in [0.25, 0.3) is 0 Å². The second-order valence-corrected chi connectivity index (χ2v) is 4.65. The van der Waals surface area contributed by atoms with E-state index in [4.69, 9.17) is 14.6 Å². The van der Waals surface area contributed by atoms with E-state index in [0.717, 1.165) is 17.1 Å². The van der Waals surface area contributed by atoms with Crippen LogP contribution < -0.4 is 9.47 Å². The third kappa shape index (κ3) is 4.49. The molecule has 0 unspecified atom stereocenters. The third-order valence-corrected chi connectivity index (χ3v) is 2.86. The first kappa shape index (κ1) is 14.8. The first-order valence-corrected chi connectivity index (χ1v) is 6.52. The van der Waals surface area contributed by atoms with Crippen LogP contribution in [0.25, 0.3) is 0 Å². The van der Waals surface area contributed by atoms with Crippen molar-refractivity contribution in [3.63, 3.8) is 0 Å². The molecule has 5 nitrogen and oxygen atoms in total. The number of carboxylic acid groups (broad SMARTS) is 1. The Morgan fingerprint density at radius 1 is 1.24 bits per heavy atom. The molecule has 0 saturated heterocycles. The summed E-state index contributed by atoms with van der Waals surface area (Å²) in [5.74, 6) is 0.494. The molecule has 2 aromatic rings. The van der Waals surface area contributed by atoms with Crippen molar-refractivity contribution in [3.05, 3.63) is 53.3 Å². The van der Waals surface area contributed by atoms with Crippen LogP contribution >= 0.6 is 0 Å². The average molecular weight is 287 g/mol. The van der Waals surface area contributed by atoms with Gasteiger partial charge >= 0.3 is 5.97 Å². The Morgan fingerprint density at radius 2 is 2.05 bits per heavy atom. The van der Waals surface area contributed by atoms with Gasteiger partial charge in [-0.25, -0.2) is 0 Å². The van der Waals surface area contributed by atoms with Crippen molar-refractivity contribution >= 4 is 5.97 Å². The fourth-order valence-electron chi connectivity index (χ4n) is 1.97. The van der Waals surface area contributed by atoms with Crippen molar-refractivity contribution in [2.45, 2.75) is 20.0 Å². The third-order valence-electron chi connectivity index (χ3n) is 2.86. The summed E-state index contributed by atoms with van der Waals surface area (Å²) in [6, 6.07) is 10.7. The number of carboxylic acids is 1. The number of rotatable bonds is 6. The van der Waals surface area contributed by atoms with Gasteiger partial charge in [-0.05, 0) is 24.6 Å². The molecule has 0 saturated carbocycles. The van der Waals surface area contributed by atoms with Gasteiger partial charge in [0.1, 0.15) is 18.1 Å². The Bertz CT molecular complexity index is 640. The fourth-order valence-corrected chi connectivity index (χ4v) is 1.97. The summed E-state index contributed by atoms with van der Waals surface area (Å²) in [6.45, 7) is 2.19. The van der Waals surface area contributed by atoms with Crippen LogP contribution in [-0.2, 0) is 17.8 Å². The van der Waals surface area contributed by atoms with Crippen LogP contribution in [0.3, 0.4) is 0 Å². The van der Waals surface area contributed by atoms with Crippen LogP contribution in [0.5, 0.6) is 11.5 Å². The number of ether oxygens (including phenoxy) is 2. The van der Waals surface area contributed by atoms with E-state index in [2.05, 4.69) is 4.98 Å². The Hall–Kier alpha value is -2.56. The van der Waals surface area contributed by atoms with Gasteiger partial charge in [-0.1, -0.05) is 12.1 Å². The molecule has 21 heavy (non-hydrogen) atoms. The van der Waals surface area contributed by atoms with E-state index < -0.39 is 5.97 Å². The second-order valence-electron chi connectivity index (χ2n) is 4.65. The lowest BCUT2D eigenvalue weighted by atomic mass is 10.1. The average Bonchev–Trinajstić information content (AvgIpc) is 2.44. The first-order valence-electron chi connectivity index (χ1n) is 6.52. The fraction of sp³-hybridized carbons (Fsp3) is 0.250. The Morgan fingerprint density at radius 3 is 2.76 bits per heavy atom. The van der Waals surface area contributed by atoms with Gasteiger partial charge in [0, 0.05) is 17.8 Å². The van der Waals surface area contributed by atoms with Gasteiger partial charge < -0.3 is 14.6 Å². The molecule has 0 fully saturated rings. The van der Waals surface area contributed by atoms with Crippen LogP contribution in [0.15, 0.2) is 36.4 Å². The lowest BCUT2D eigenvalue weighted by molar-refractivity contribution is -0.136. The SMILES string of the molecule is COc1cc(C)nc(COc2cccc(CC(=O)O)c2)c1. The number of aromatic nitrogens is 1. The summed E-state index contributed by atoms with van der Waals surface area (Å²) in [7, 11) is 1.61. The first-order chi connectivity index (χ1) is 10.1. The maximum atomic E-state index is 10.7. The van der Waals surface area contributed by atoms with E-state index in [-0.39, 0.29) is 6.42 Å². The lowest BCUT2D eigenvalue weighted by Gasteiger charge is -2.09. The molecule has 0 atom stereocenters. The van der Waals surface area contributed by atoms with E-state index in [1.54, 1.807) is 31.4 Å². The minimum absolute atomic E-state index is 0.0201. The molecule has 0 aliphatic heterocycles. The highest BCUT2D eigenvalue weighted by molar-refractivity contribution is 5.70. The molecule has 0 bridgehead atoms. The van der Waals surface area contributed by atoms with E-state index in [1.807, 2.05) is 19.1 Å². The molecular weight excluding hydrogens is 270 g/mol. The molecule has 1 heterocycles. The number of methoxy groups -OCH3 is 1. The maximum Gasteiger partial charge on any atom is 0.307 e. The zero-order chi connectivity index (χ0) is 15.2. The molecule has 0 radical (unpaired) electrons. The monoisotopic (exact) mass is 287 g/mol. The van der Waals surface area contributed by atoms with E-state index in [9.17, 15) is 4.79 Å². The number of aliphatic carboxylic acids is 1. The van der Waals surface area contributed by atoms with Crippen LogP contribution in [0.2, 0.25) is 0 Å². The predicted molar refractivity (Wildman–Crippen MR) is 77.6 cm³/mol. The highest BCUT2D eigenvalue weighted by Crippen LogP contribution is 2.18. The molecular formula is C16H17NO4. The summed E-state index contributed by atoms with van der Waals surface area (Å²) >= 11 is 0. The van der Waals surface area contributed by atoms with Crippen LogP contribution in [0, 0.1) is 6.92 Å². The van der Waals surface area contributed by atoms with E-state index in [1.165, 1.54) is 0 Å². The van der Waals surface area contributed by atoms with Gasteiger partial charge in [-0.3, -0.25) is 9.78 Å². The summed E-state index contributed by atoms with van der Waals surface area (Å²) in [4.78, 5) is 15.1. The molecule has 0 amide bonds. The normalized spacial score (nSPS) is 10.2. The Labute approximate surface area is 123 Å². The highest BCUT2D eigenvalue weighted by Gasteiger charge is 2.04. The maximum absolute atomic E-state index is 10.7. The second kappa shape index (κ2) is 6.74. The highest BCUT2D eigenvalue weighted by atomic mass is 16.5. The standard InChI is InChI=1S/C16H17NO4/c1-11-6-15(20-2)9-13(17-11)10-21-14-5-3-4-12(7-14)8-16(18)19/h3-7,9H,8,10H2,1-2H3,(H,18,19). The van der Waals surface area contributed by atoms with Crippen molar-refractivity contribution < 1.29 is 19.4 Å². The molecule has 110 valence electrons. The largest absolute Gasteiger partial charge is 0.497 e. The molecule has 0 aliphatic carbocycles. The number of hydrogen-bond acceptors (Lipinski definition) is 4. The van der Waals surface area contributed by atoms with Crippen molar-refractivity contribution in [2.24, 2.45) is 0 Å². The molecule has 1 N–H and O–H groups in total. The van der Waals surface area contributed by atoms with Gasteiger partial charge in [0.15, 0.2) is 0 Å². The number of hydrogen-bond donors (Lipinski definition) is 1. The number of nitrogens with zero attached hydrogens (tertiary/aromatic N) is 1. The quantitative estimate of drug-likeness (QED) is 0.884. The van der Waals surface area contributed by atoms with Crippen molar-refractivity contribution in [2.75, 3.05) is 7.11 Å². The van der Waals surface area contributed by atoms with Crippen molar-refractivity contribution in [1.29, 1.82) is 0 Å². The Balaban J connectivity index is 2.06. The smallest absolute Gasteiger partial charge is 0.307 e. The van der Waals surface area contributed by atoms with Gasteiger partial charge in [-0.15, -0.1) is 0 Å². The summed E-state index contributed by atoms with van der Waals surface area (Å²) < 4.78 is 10.8. The van der Waals surface area contributed by atoms with Crippen molar-refractivity contribution in [1.82, 2.24) is 4.98 Å².